The van der Waals surface area contributed by atoms with Gasteiger partial charge in [0.25, 0.3) is 0 Å². The van der Waals surface area contributed by atoms with E-state index >= 15 is 4.39 Å². The van der Waals surface area contributed by atoms with Gasteiger partial charge in [-0.05, 0) is 163 Å². The average molecular weight is 1580 g/mol. The lowest BCUT2D eigenvalue weighted by atomic mass is 9.76. The van der Waals surface area contributed by atoms with Gasteiger partial charge in [-0.15, -0.1) is 0 Å². The van der Waals surface area contributed by atoms with Crippen molar-refractivity contribution < 1.29 is 62.1 Å². The van der Waals surface area contributed by atoms with Crippen LogP contribution in [-0.2, 0) is 42.2 Å². The number of fused-ring (bicyclic) bond motifs is 12. The maximum absolute atomic E-state index is 15.2. The third kappa shape index (κ3) is 14.5. The van der Waals surface area contributed by atoms with Crippen LogP contribution in [-0.4, -0.2) is 164 Å². The smallest absolute Gasteiger partial charge is 0.455 e. The number of aromatic nitrogens is 6. The van der Waals surface area contributed by atoms with Gasteiger partial charge >= 0.3 is 7.12 Å². The van der Waals surface area contributed by atoms with E-state index in [1.807, 2.05) is 108 Å². The molecule has 5 aliphatic rings. The summed E-state index contributed by atoms with van der Waals surface area (Å²) in [4.78, 5) is 49.3. The number of nitrogens with zero attached hydrogens (tertiary/aromatic N) is 10. The van der Waals surface area contributed by atoms with Crippen LogP contribution in [0.25, 0.3) is 100 Å². The Hall–Kier alpha value is -9.61. The Kier molecular flexibility index (Phi) is 20.6. The van der Waals surface area contributed by atoms with E-state index in [2.05, 4.69) is 33.9 Å². The van der Waals surface area contributed by atoms with Crippen LogP contribution in [0.1, 0.15) is 123 Å². The number of benzene rings is 4. The number of hydrogen-bond acceptors (Lipinski definition) is 16. The highest BCUT2D eigenvalue weighted by Gasteiger charge is 2.53. The number of Topliss-reactive ketones (excluding diaryl/α,β-unsaturated/α-hetero) is 2. The Labute approximate surface area is 652 Å². The molecule has 12 aromatic rings. The van der Waals surface area contributed by atoms with Crippen molar-refractivity contribution in [2.24, 2.45) is 0 Å². The second-order valence-electron chi connectivity index (χ2n) is 30.9. The lowest BCUT2D eigenvalue weighted by Gasteiger charge is -2.36. The molecule has 13 heterocycles. The minimum atomic E-state index is -3.73. The molecule has 582 valence electrons. The third-order valence-electron chi connectivity index (χ3n) is 22.7. The fourth-order valence-corrected chi connectivity index (χ4v) is 16.9. The zero-order valence-electron chi connectivity index (χ0n) is 64.3. The lowest BCUT2D eigenvalue weighted by Crippen LogP contribution is -2.49. The first-order valence-electron chi connectivity index (χ1n) is 37.5. The number of aryl methyl sites for hydroxylation is 2. The zero-order chi connectivity index (χ0) is 79.5. The second kappa shape index (κ2) is 29.7. The van der Waals surface area contributed by atoms with Gasteiger partial charge in [-0.3, -0.25) is 38.0 Å². The molecule has 0 amide bonds. The monoisotopic (exact) mass is 1580 g/mol. The molecule has 2 unspecified atom stereocenters. The first-order chi connectivity index (χ1) is 53.2. The van der Waals surface area contributed by atoms with Gasteiger partial charge in [0.15, 0.2) is 11.6 Å². The van der Waals surface area contributed by atoms with E-state index in [1.165, 1.54) is 34.8 Å². The van der Waals surface area contributed by atoms with Crippen molar-refractivity contribution in [3.63, 3.8) is 0 Å². The van der Waals surface area contributed by atoms with Crippen LogP contribution in [0.5, 0.6) is 0 Å². The molecule has 28 heteroatoms. The number of ketones is 2. The number of carbonyl (C=O) groups is 2. The average Bonchev–Trinajstić information content (AvgIpc) is 1.58. The summed E-state index contributed by atoms with van der Waals surface area (Å²) >= 11 is 6.12. The number of furan rings is 2. The number of rotatable bonds is 18. The minimum absolute atomic E-state index is 0.00428. The molecule has 20 nitrogen and oxygen atoms in total. The lowest BCUT2D eigenvalue weighted by molar-refractivity contribution is 0.00578. The summed E-state index contributed by atoms with van der Waals surface area (Å²) in [5, 5.41) is 2.64. The van der Waals surface area contributed by atoms with Crippen LogP contribution in [0.15, 0.2) is 143 Å². The Morgan fingerprint density at radius 1 is 0.580 bits per heavy atom. The molecule has 5 aliphatic heterocycles. The number of anilines is 2. The molecule has 8 aromatic heterocycles. The summed E-state index contributed by atoms with van der Waals surface area (Å²) in [7, 11) is -5.24. The normalized spacial score (nSPS) is 17.5. The van der Waals surface area contributed by atoms with Gasteiger partial charge in [0, 0.05) is 158 Å². The molecule has 0 aliphatic carbocycles. The maximum Gasteiger partial charge on any atom is 0.497 e. The van der Waals surface area contributed by atoms with E-state index in [1.54, 1.807) is 68.7 Å². The van der Waals surface area contributed by atoms with Crippen LogP contribution in [0, 0.1) is 25.5 Å². The Morgan fingerprint density at radius 2 is 1.03 bits per heavy atom. The van der Waals surface area contributed by atoms with Gasteiger partial charge in [-0.1, -0.05) is 49.7 Å². The van der Waals surface area contributed by atoms with Gasteiger partial charge in [0.1, 0.15) is 51.8 Å². The molecule has 0 N–H and O–H groups in total. The molecule has 0 bridgehead atoms. The largest absolute Gasteiger partial charge is 0.497 e. The molecular weight excluding hydrogens is 1500 g/mol. The van der Waals surface area contributed by atoms with Crippen LogP contribution < -0.4 is 14.1 Å². The molecular formula is C84H86BClF4N10O10S2. The van der Waals surface area contributed by atoms with Crippen molar-refractivity contribution in [1.29, 1.82) is 0 Å². The summed E-state index contributed by atoms with van der Waals surface area (Å²) < 4.78 is 139. The number of likely N-dealkylation sites (tertiary alicyclic amines) is 2. The number of sulfonamides is 2. The number of alkyl halides is 2. The van der Waals surface area contributed by atoms with Gasteiger partial charge in [0.2, 0.25) is 20.0 Å². The summed E-state index contributed by atoms with van der Waals surface area (Å²) in [5.41, 5.74) is 12.3. The fourth-order valence-electron chi connectivity index (χ4n) is 15.7. The van der Waals surface area contributed by atoms with Crippen molar-refractivity contribution in [2.45, 2.75) is 130 Å². The van der Waals surface area contributed by atoms with Crippen molar-refractivity contribution in [3.05, 3.63) is 184 Å². The standard InChI is InChI=1S/C39H37F2N5O4S.C25H31BN2O6S.C20H18ClF2N3/c1-5-35(47)37-29-16-28(33(44(3)51(4,48)49)18-36(29)50-39(37)24-10-9-22(2)42-19-24)31-12-11-23-15-26(13-14-45-20-25(40)21-45)46-32-8-6-7-30(41)27(32)17-34(46)38(23)43-31;1-9-20(29)22-17-12-18(26-33-24(3,4)25(5,6)34-26)19(28(7)35(8,30)31)13-21(17)32-23(22)16-11-10-15(2)27-14-16;21-19-5-4-12-8-14(6-7-25-10-13(22)11-25)26-17-3-1-2-16(23)15(17)9-18(26)20(12)24-19/h6-12,16-19,25-26H,5,13-15,20-21H2,1-4H3;10-14H,9H2,1-8H3;1-5,9,13-14H,6-8,10-11H2. The van der Waals surface area contributed by atoms with E-state index in [-0.39, 0.29) is 48.1 Å². The highest BCUT2D eigenvalue weighted by molar-refractivity contribution is 7.92. The second-order valence-corrected chi connectivity index (χ2v) is 35.3. The highest BCUT2D eigenvalue weighted by Crippen LogP contribution is 2.48. The molecule has 0 radical (unpaired) electrons. The van der Waals surface area contributed by atoms with Crippen molar-refractivity contribution in [3.8, 4) is 56.7 Å². The van der Waals surface area contributed by atoms with E-state index < -0.39 is 50.7 Å². The zero-order valence-corrected chi connectivity index (χ0v) is 66.7. The maximum atomic E-state index is 15.2. The first kappa shape index (κ1) is 77.7. The van der Waals surface area contributed by atoms with Gasteiger partial charge in [-0.2, -0.15) is 0 Å². The van der Waals surface area contributed by atoms with Crippen molar-refractivity contribution in [2.75, 3.05) is 74.5 Å². The molecule has 0 spiro atoms. The number of halogens is 5. The summed E-state index contributed by atoms with van der Waals surface area (Å²) in [5.74, 6) is -0.0120. The Bertz CT molecular complexity index is 5960. The Morgan fingerprint density at radius 3 is 1.47 bits per heavy atom. The van der Waals surface area contributed by atoms with Crippen LogP contribution in [0.4, 0.5) is 28.9 Å². The number of hydrogen-bond donors (Lipinski definition) is 0. The predicted molar refractivity (Wildman–Crippen MR) is 431 cm³/mol. The van der Waals surface area contributed by atoms with Gasteiger partial charge in [-0.25, -0.2) is 44.4 Å². The predicted octanol–water partition coefficient (Wildman–Crippen LogP) is 16.5. The SMILES string of the molecule is CCC(=O)c1c(-c2ccc(C)nc2)oc2cc(N(C)S(C)(=O)=O)c(-c3ccc4c(n3)-c3cc5c(F)cccc5n3C(CCN3CC(F)C3)C4)cc12.CCC(=O)c1c(-c2ccc(C)nc2)oc2cc(N(C)S(C)(=O)=O)c(B3OC(C)(C)C(C)(C)O3)cc12.Fc1cccc2c1cc1n2C(CCN2CC(F)C2)Cc2ccc(Cl)nc2-1. The molecule has 2 atom stereocenters. The highest BCUT2D eigenvalue weighted by atomic mass is 35.5. The number of pyridine rings is 4. The van der Waals surface area contributed by atoms with Crippen LogP contribution in [0.2, 0.25) is 5.15 Å². The molecule has 0 saturated carbocycles. The number of carbonyl (C=O) groups excluding carboxylic acids is 2. The summed E-state index contributed by atoms with van der Waals surface area (Å²) in [6, 6.07) is 36.0. The summed E-state index contributed by atoms with van der Waals surface area (Å²) in [6.07, 6.45) is 7.72. The molecule has 3 fully saturated rings. The fraction of sp³-hybridized carbons (Fsp3) is 0.357. The quantitative estimate of drug-likeness (QED) is 0.0337. The third-order valence-corrected chi connectivity index (χ3v) is 25.3. The first-order valence-corrected chi connectivity index (χ1v) is 41.6. The van der Waals surface area contributed by atoms with E-state index in [0.29, 0.717) is 138 Å². The topological polar surface area (TPSA) is 222 Å². The molecule has 4 aromatic carbocycles. The molecule has 3 saturated heterocycles. The minimum Gasteiger partial charge on any atom is -0.455 e. The van der Waals surface area contributed by atoms with Crippen molar-refractivity contribution in [1.82, 2.24) is 38.9 Å². The van der Waals surface area contributed by atoms with Gasteiger partial charge in [0.05, 0.1) is 85.7 Å². The van der Waals surface area contributed by atoms with Gasteiger partial charge < -0.3 is 27.3 Å². The van der Waals surface area contributed by atoms with Crippen molar-refractivity contribution >= 4 is 111 Å². The molecule has 17 rings (SSSR count). The van der Waals surface area contributed by atoms with E-state index in [4.69, 9.17) is 34.7 Å². The van der Waals surface area contributed by atoms with Crippen LogP contribution >= 0.6 is 11.6 Å². The summed E-state index contributed by atoms with van der Waals surface area (Å²) in [6.45, 7) is 18.5. The van der Waals surface area contributed by atoms with Crippen LogP contribution in [0.3, 0.4) is 0 Å². The molecule has 112 heavy (non-hydrogen) atoms. The van der Waals surface area contributed by atoms with E-state index in [0.717, 1.165) is 95.5 Å². The Balaban J connectivity index is 0.000000141. The van der Waals surface area contributed by atoms with E-state index in [9.17, 15) is 39.6 Å².